The van der Waals surface area contributed by atoms with Crippen molar-refractivity contribution in [1.29, 1.82) is 0 Å². The number of hydrogen-bond acceptors (Lipinski definition) is 2. The zero-order valence-electron chi connectivity index (χ0n) is 7.92. The molecule has 0 aromatic heterocycles. The van der Waals surface area contributed by atoms with Gasteiger partial charge in [0.1, 0.15) is 0 Å². The van der Waals surface area contributed by atoms with Gasteiger partial charge in [0, 0.05) is 19.1 Å². The van der Waals surface area contributed by atoms with Crippen LogP contribution >= 0.6 is 0 Å². The summed E-state index contributed by atoms with van der Waals surface area (Å²) in [6, 6.07) is 0.454. The molecule has 1 saturated carbocycles. The van der Waals surface area contributed by atoms with Crippen molar-refractivity contribution in [2.75, 3.05) is 13.1 Å². The molecule has 0 bridgehead atoms. The number of piperidine rings is 1. The molecular formula is C10H16N2O. The molecule has 1 amide bonds. The number of fused-ring (bicyclic) bond motifs is 1. The molecule has 1 aliphatic heterocycles. The van der Waals surface area contributed by atoms with E-state index in [-0.39, 0.29) is 5.91 Å². The average molecular weight is 180 g/mol. The van der Waals surface area contributed by atoms with Gasteiger partial charge in [0.25, 0.3) is 0 Å². The van der Waals surface area contributed by atoms with Crippen LogP contribution in [0.3, 0.4) is 0 Å². The molecule has 72 valence electrons. The Labute approximate surface area is 78.6 Å². The Kier molecular flexibility index (Phi) is 2.36. The Morgan fingerprint density at radius 2 is 2.23 bits per heavy atom. The molecule has 2 aliphatic rings. The second-order valence-electron chi connectivity index (χ2n) is 3.83. The van der Waals surface area contributed by atoms with Crippen molar-refractivity contribution in [3.63, 3.8) is 0 Å². The van der Waals surface area contributed by atoms with Crippen molar-refractivity contribution in [3.05, 3.63) is 12.2 Å². The predicted molar refractivity (Wildman–Crippen MR) is 51.2 cm³/mol. The standard InChI is InChI=1S/C10H16N2O/c1-2-3-4-9(13)12-10-7-5-11-6-8(7)10/h3-4,7-8,10-11H,2,5-6H2,1H3,(H,12,13)/b4-3+. The van der Waals surface area contributed by atoms with Crippen molar-refractivity contribution >= 4 is 5.91 Å². The van der Waals surface area contributed by atoms with Crippen LogP contribution in [0.2, 0.25) is 0 Å². The van der Waals surface area contributed by atoms with Gasteiger partial charge in [-0.25, -0.2) is 0 Å². The van der Waals surface area contributed by atoms with E-state index >= 15 is 0 Å². The zero-order valence-corrected chi connectivity index (χ0v) is 7.92. The monoisotopic (exact) mass is 180 g/mol. The van der Waals surface area contributed by atoms with Crippen molar-refractivity contribution in [2.45, 2.75) is 19.4 Å². The molecule has 1 saturated heterocycles. The highest BCUT2D eigenvalue weighted by Gasteiger charge is 2.53. The van der Waals surface area contributed by atoms with Crippen molar-refractivity contribution in [2.24, 2.45) is 11.8 Å². The Morgan fingerprint density at radius 3 is 2.85 bits per heavy atom. The SMILES string of the molecule is CC/C=C/C(=O)NC1C2CNCC21. The average Bonchev–Trinajstić information content (AvgIpc) is 2.63. The Balaban J connectivity index is 1.74. The van der Waals surface area contributed by atoms with Crippen LogP contribution in [0.25, 0.3) is 0 Å². The van der Waals surface area contributed by atoms with E-state index < -0.39 is 0 Å². The Hall–Kier alpha value is -0.830. The van der Waals surface area contributed by atoms with Gasteiger partial charge in [-0.3, -0.25) is 4.79 Å². The lowest BCUT2D eigenvalue weighted by atomic mass is 10.3. The van der Waals surface area contributed by atoms with Gasteiger partial charge in [0.15, 0.2) is 0 Å². The first-order chi connectivity index (χ1) is 6.33. The molecular weight excluding hydrogens is 164 g/mol. The summed E-state index contributed by atoms with van der Waals surface area (Å²) in [4.78, 5) is 11.3. The molecule has 0 aromatic rings. The van der Waals surface area contributed by atoms with E-state index in [1.54, 1.807) is 6.08 Å². The third kappa shape index (κ3) is 1.75. The fourth-order valence-corrected chi connectivity index (χ4v) is 2.07. The number of allylic oxidation sites excluding steroid dienone is 1. The van der Waals surface area contributed by atoms with Gasteiger partial charge in [-0.2, -0.15) is 0 Å². The largest absolute Gasteiger partial charge is 0.349 e. The van der Waals surface area contributed by atoms with E-state index in [1.807, 2.05) is 13.0 Å². The maximum atomic E-state index is 11.3. The highest BCUT2D eigenvalue weighted by molar-refractivity contribution is 5.88. The minimum atomic E-state index is 0.0706. The van der Waals surface area contributed by atoms with Gasteiger partial charge in [-0.1, -0.05) is 13.0 Å². The summed E-state index contributed by atoms with van der Waals surface area (Å²) in [5.74, 6) is 1.49. The minimum Gasteiger partial charge on any atom is -0.349 e. The summed E-state index contributed by atoms with van der Waals surface area (Å²) in [6.45, 7) is 4.18. The van der Waals surface area contributed by atoms with Crippen LogP contribution in [0, 0.1) is 11.8 Å². The van der Waals surface area contributed by atoms with Crippen LogP contribution in [0.4, 0.5) is 0 Å². The van der Waals surface area contributed by atoms with Crippen LogP contribution in [-0.2, 0) is 4.79 Å². The summed E-state index contributed by atoms with van der Waals surface area (Å²) < 4.78 is 0. The maximum Gasteiger partial charge on any atom is 0.243 e. The molecule has 1 heterocycles. The van der Waals surface area contributed by atoms with E-state index in [4.69, 9.17) is 0 Å². The molecule has 2 fully saturated rings. The minimum absolute atomic E-state index is 0.0706. The summed E-state index contributed by atoms with van der Waals surface area (Å²) in [6.07, 6.45) is 4.46. The highest BCUT2D eigenvalue weighted by Crippen LogP contribution is 2.41. The molecule has 2 rings (SSSR count). The molecule has 2 atom stereocenters. The van der Waals surface area contributed by atoms with Gasteiger partial charge in [-0.15, -0.1) is 0 Å². The smallest absolute Gasteiger partial charge is 0.243 e. The molecule has 0 aromatic carbocycles. The lowest BCUT2D eigenvalue weighted by molar-refractivity contribution is -0.116. The van der Waals surface area contributed by atoms with Crippen LogP contribution in [0.15, 0.2) is 12.2 Å². The summed E-state index contributed by atoms with van der Waals surface area (Å²) >= 11 is 0. The first kappa shape index (κ1) is 8.75. The molecule has 0 radical (unpaired) electrons. The molecule has 1 aliphatic carbocycles. The first-order valence-electron chi connectivity index (χ1n) is 5.00. The fraction of sp³-hybridized carbons (Fsp3) is 0.700. The number of carbonyl (C=O) groups is 1. The number of amides is 1. The summed E-state index contributed by atoms with van der Waals surface area (Å²) in [5, 5.41) is 6.32. The van der Waals surface area contributed by atoms with Crippen LogP contribution in [-0.4, -0.2) is 25.0 Å². The second kappa shape index (κ2) is 3.50. The number of nitrogens with one attached hydrogen (secondary N) is 2. The number of carbonyl (C=O) groups excluding carboxylic acids is 1. The molecule has 3 heteroatoms. The third-order valence-electron chi connectivity index (χ3n) is 2.91. The molecule has 2 unspecified atom stereocenters. The predicted octanol–water partition coefficient (Wildman–Crippen LogP) is 0.287. The highest BCUT2D eigenvalue weighted by atomic mass is 16.1. The van der Waals surface area contributed by atoms with Gasteiger partial charge in [-0.05, 0) is 24.3 Å². The van der Waals surface area contributed by atoms with Crippen molar-refractivity contribution < 1.29 is 4.79 Å². The summed E-state index contributed by atoms with van der Waals surface area (Å²) in [5.41, 5.74) is 0. The van der Waals surface area contributed by atoms with Crippen LogP contribution in [0.5, 0.6) is 0 Å². The van der Waals surface area contributed by atoms with E-state index in [0.717, 1.165) is 19.5 Å². The Morgan fingerprint density at radius 1 is 1.54 bits per heavy atom. The van der Waals surface area contributed by atoms with Crippen molar-refractivity contribution in [1.82, 2.24) is 10.6 Å². The van der Waals surface area contributed by atoms with Gasteiger partial charge < -0.3 is 10.6 Å². The molecule has 3 nitrogen and oxygen atoms in total. The molecule has 13 heavy (non-hydrogen) atoms. The molecule has 0 spiro atoms. The zero-order chi connectivity index (χ0) is 9.26. The number of hydrogen-bond donors (Lipinski definition) is 2. The number of rotatable bonds is 3. The third-order valence-corrected chi connectivity index (χ3v) is 2.91. The van der Waals surface area contributed by atoms with Gasteiger partial charge >= 0.3 is 0 Å². The van der Waals surface area contributed by atoms with Crippen LogP contribution in [0.1, 0.15) is 13.3 Å². The van der Waals surface area contributed by atoms with E-state index in [2.05, 4.69) is 10.6 Å². The van der Waals surface area contributed by atoms with Crippen molar-refractivity contribution in [3.8, 4) is 0 Å². The van der Waals surface area contributed by atoms with Gasteiger partial charge in [0.05, 0.1) is 0 Å². The van der Waals surface area contributed by atoms with E-state index in [9.17, 15) is 4.79 Å². The maximum absolute atomic E-state index is 11.3. The lowest BCUT2D eigenvalue weighted by Crippen LogP contribution is -2.31. The first-order valence-corrected chi connectivity index (χ1v) is 5.00. The summed E-state index contributed by atoms with van der Waals surface area (Å²) in [7, 11) is 0. The van der Waals surface area contributed by atoms with E-state index in [1.165, 1.54) is 0 Å². The topological polar surface area (TPSA) is 41.1 Å². The van der Waals surface area contributed by atoms with E-state index in [0.29, 0.717) is 17.9 Å². The quantitative estimate of drug-likeness (QED) is 0.613. The van der Waals surface area contributed by atoms with Crippen LogP contribution < -0.4 is 10.6 Å². The second-order valence-corrected chi connectivity index (χ2v) is 3.83. The lowest BCUT2D eigenvalue weighted by Gasteiger charge is -2.04. The van der Waals surface area contributed by atoms with Gasteiger partial charge in [0.2, 0.25) is 5.91 Å². The normalized spacial score (nSPS) is 36.2. The Bertz CT molecular complexity index is 227. The fourth-order valence-electron chi connectivity index (χ4n) is 2.07. The molecule has 2 N–H and O–H groups in total.